The average molecular weight is 239 g/mol. The third-order valence-corrected chi connectivity index (χ3v) is 3.47. The van der Waals surface area contributed by atoms with Crippen molar-refractivity contribution in [2.75, 3.05) is 26.7 Å². The van der Waals surface area contributed by atoms with Gasteiger partial charge in [0.05, 0.1) is 0 Å². The van der Waals surface area contributed by atoms with Gasteiger partial charge < -0.3 is 10.2 Å². The van der Waals surface area contributed by atoms with Gasteiger partial charge in [0.15, 0.2) is 0 Å². The molecule has 1 unspecified atom stereocenters. The predicted molar refractivity (Wildman–Crippen MR) is 69.2 cm³/mol. The Labute approximate surface area is 103 Å². The second-order valence-corrected chi connectivity index (χ2v) is 5.22. The zero-order valence-corrected chi connectivity index (χ0v) is 10.7. The molecule has 0 aliphatic carbocycles. The zero-order chi connectivity index (χ0) is 11.5. The van der Waals surface area contributed by atoms with Crippen molar-refractivity contribution in [1.82, 2.24) is 10.2 Å². The summed E-state index contributed by atoms with van der Waals surface area (Å²) in [7, 11) is 2.15. The molecule has 1 saturated heterocycles. The predicted octanol–water partition coefficient (Wildman–Crippen LogP) is 2.35. The van der Waals surface area contributed by atoms with E-state index in [1.54, 1.807) is 0 Å². The van der Waals surface area contributed by atoms with Gasteiger partial charge in [0.1, 0.15) is 0 Å². The summed E-state index contributed by atoms with van der Waals surface area (Å²) in [6.45, 7) is 5.64. The first-order valence-electron chi connectivity index (χ1n) is 5.82. The van der Waals surface area contributed by atoms with Crippen molar-refractivity contribution in [2.24, 2.45) is 0 Å². The molecule has 0 saturated carbocycles. The number of hydrogen-bond acceptors (Lipinski definition) is 2. The normalized spacial score (nSPS) is 19.4. The number of benzene rings is 1. The fourth-order valence-corrected chi connectivity index (χ4v) is 2.21. The molecule has 0 radical (unpaired) electrons. The summed E-state index contributed by atoms with van der Waals surface area (Å²) in [5, 5.41) is 4.40. The second-order valence-electron chi connectivity index (χ2n) is 4.78. The lowest BCUT2D eigenvalue weighted by Crippen LogP contribution is -2.56. The molecule has 1 fully saturated rings. The summed E-state index contributed by atoms with van der Waals surface area (Å²) < 4.78 is 0. The topological polar surface area (TPSA) is 15.3 Å². The minimum Gasteiger partial charge on any atom is -0.311 e. The van der Waals surface area contributed by atoms with E-state index in [2.05, 4.69) is 36.3 Å². The molecule has 2 rings (SSSR count). The molecule has 0 aromatic heterocycles. The van der Waals surface area contributed by atoms with E-state index in [0.29, 0.717) is 12.0 Å². The zero-order valence-electron chi connectivity index (χ0n) is 9.91. The fraction of sp³-hybridized carbons (Fsp3) is 0.538. The van der Waals surface area contributed by atoms with Crippen LogP contribution in [-0.2, 0) is 0 Å². The third-order valence-electron chi connectivity index (χ3n) is 3.22. The van der Waals surface area contributed by atoms with E-state index in [1.807, 2.05) is 12.1 Å². The van der Waals surface area contributed by atoms with E-state index in [4.69, 9.17) is 11.6 Å². The van der Waals surface area contributed by atoms with Crippen LogP contribution in [0, 0.1) is 0 Å². The van der Waals surface area contributed by atoms with Crippen molar-refractivity contribution in [2.45, 2.75) is 18.9 Å². The quantitative estimate of drug-likeness (QED) is 0.867. The number of nitrogens with zero attached hydrogens (tertiary/aromatic N) is 1. The van der Waals surface area contributed by atoms with E-state index in [1.165, 1.54) is 18.7 Å². The molecule has 0 amide bonds. The number of likely N-dealkylation sites (tertiary alicyclic amines) is 1. The van der Waals surface area contributed by atoms with Crippen molar-refractivity contribution < 1.29 is 0 Å². The summed E-state index contributed by atoms with van der Waals surface area (Å²) in [6, 6.07) is 8.83. The molecule has 88 valence electrons. The summed E-state index contributed by atoms with van der Waals surface area (Å²) in [5.74, 6) is 0.545. The lowest BCUT2D eigenvalue weighted by atomic mass is 10.0. The number of hydrogen-bond donors (Lipinski definition) is 1. The molecular weight excluding hydrogens is 220 g/mol. The van der Waals surface area contributed by atoms with Crippen molar-refractivity contribution in [3.63, 3.8) is 0 Å². The van der Waals surface area contributed by atoms with Gasteiger partial charge >= 0.3 is 0 Å². The molecule has 1 aliphatic heterocycles. The Balaban J connectivity index is 1.79. The van der Waals surface area contributed by atoms with Crippen molar-refractivity contribution in [1.29, 1.82) is 0 Å². The van der Waals surface area contributed by atoms with Crippen LogP contribution in [0.4, 0.5) is 0 Å². The maximum Gasteiger partial charge on any atom is 0.0406 e. The largest absolute Gasteiger partial charge is 0.311 e. The maximum absolute atomic E-state index is 5.87. The minimum absolute atomic E-state index is 0.545. The minimum atomic E-state index is 0.545. The molecule has 1 aliphatic rings. The SMILES string of the molecule is CC(CNC1CN(C)C1)c1ccc(Cl)cc1. The molecule has 2 nitrogen and oxygen atoms in total. The van der Waals surface area contributed by atoms with Crippen LogP contribution in [0.15, 0.2) is 24.3 Å². The van der Waals surface area contributed by atoms with Crippen LogP contribution >= 0.6 is 11.6 Å². The average Bonchev–Trinajstić information content (AvgIpc) is 2.23. The number of nitrogens with one attached hydrogen (secondary N) is 1. The van der Waals surface area contributed by atoms with Crippen molar-refractivity contribution >= 4 is 11.6 Å². The molecular formula is C13H19ClN2. The first-order valence-corrected chi connectivity index (χ1v) is 6.20. The number of rotatable bonds is 4. The number of likely N-dealkylation sites (N-methyl/N-ethyl adjacent to an activating group) is 1. The maximum atomic E-state index is 5.87. The highest BCUT2D eigenvalue weighted by Crippen LogP contribution is 2.18. The van der Waals surface area contributed by atoms with E-state index in [0.717, 1.165) is 11.6 Å². The Bertz CT molecular complexity index is 330. The van der Waals surface area contributed by atoms with Crippen LogP contribution in [0.2, 0.25) is 5.02 Å². The fourth-order valence-electron chi connectivity index (χ4n) is 2.08. The van der Waals surface area contributed by atoms with Crippen LogP contribution in [0.1, 0.15) is 18.4 Å². The number of halogens is 1. The van der Waals surface area contributed by atoms with E-state index >= 15 is 0 Å². The third kappa shape index (κ3) is 2.97. The smallest absolute Gasteiger partial charge is 0.0406 e. The van der Waals surface area contributed by atoms with Gasteiger partial charge in [-0.2, -0.15) is 0 Å². The van der Waals surface area contributed by atoms with Gasteiger partial charge in [-0.3, -0.25) is 0 Å². The van der Waals surface area contributed by atoms with Gasteiger partial charge in [0.25, 0.3) is 0 Å². The van der Waals surface area contributed by atoms with Gasteiger partial charge in [-0.05, 0) is 30.7 Å². The Morgan fingerprint density at radius 1 is 1.38 bits per heavy atom. The van der Waals surface area contributed by atoms with Gasteiger partial charge in [0, 0.05) is 30.7 Å². The van der Waals surface area contributed by atoms with Gasteiger partial charge in [-0.1, -0.05) is 30.7 Å². The molecule has 0 spiro atoms. The van der Waals surface area contributed by atoms with Crippen LogP contribution in [0.5, 0.6) is 0 Å². The van der Waals surface area contributed by atoms with E-state index < -0.39 is 0 Å². The molecule has 1 atom stereocenters. The molecule has 1 N–H and O–H groups in total. The van der Waals surface area contributed by atoms with Gasteiger partial charge in [-0.25, -0.2) is 0 Å². The van der Waals surface area contributed by atoms with Crippen molar-refractivity contribution in [3.8, 4) is 0 Å². The van der Waals surface area contributed by atoms with E-state index in [-0.39, 0.29) is 0 Å². The Morgan fingerprint density at radius 2 is 2.00 bits per heavy atom. The van der Waals surface area contributed by atoms with Crippen LogP contribution in [-0.4, -0.2) is 37.6 Å². The summed E-state index contributed by atoms with van der Waals surface area (Å²) in [6.07, 6.45) is 0. The standard InChI is InChI=1S/C13H19ClN2/c1-10(7-15-13-8-16(2)9-13)11-3-5-12(14)6-4-11/h3-6,10,13,15H,7-9H2,1-2H3. The monoisotopic (exact) mass is 238 g/mol. The van der Waals surface area contributed by atoms with E-state index in [9.17, 15) is 0 Å². The highest BCUT2D eigenvalue weighted by Gasteiger charge is 2.22. The lowest BCUT2D eigenvalue weighted by Gasteiger charge is -2.37. The highest BCUT2D eigenvalue weighted by atomic mass is 35.5. The molecule has 1 heterocycles. The van der Waals surface area contributed by atoms with Gasteiger partial charge in [-0.15, -0.1) is 0 Å². The molecule has 16 heavy (non-hydrogen) atoms. The molecule has 1 aromatic rings. The molecule has 3 heteroatoms. The van der Waals surface area contributed by atoms with Crippen LogP contribution in [0.3, 0.4) is 0 Å². The first-order chi connectivity index (χ1) is 7.65. The Kier molecular flexibility index (Phi) is 3.85. The summed E-state index contributed by atoms with van der Waals surface area (Å²) in [5.41, 5.74) is 1.35. The molecule has 1 aromatic carbocycles. The van der Waals surface area contributed by atoms with Crippen LogP contribution in [0.25, 0.3) is 0 Å². The van der Waals surface area contributed by atoms with Crippen LogP contribution < -0.4 is 5.32 Å². The van der Waals surface area contributed by atoms with Gasteiger partial charge in [0.2, 0.25) is 0 Å². The second kappa shape index (κ2) is 5.17. The van der Waals surface area contributed by atoms with Crippen molar-refractivity contribution in [3.05, 3.63) is 34.9 Å². The first kappa shape index (κ1) is 11.9. The summed E-state index contributed by atoms with van der Waals surface area (Å²) >= 11 is 5.87. The summed E-state index contributed by atoms with van der Waals surface area (Å²) in [4.78, 5) is 2.32. The molecule has 0 bridgehead atoms. The Hall–Kier alpha value is -0.570. The highest BCUT2D eigenvalue weighted by molar-refractivity contribution is 6.30. The Morgan fingerprint density at radius 3 is 2.56 bits per heavy atom. The lowest BCUT2D eigenvalue weighted by molar-refractivity contribution is 0.161.